The molecule has 0 radical (unpaired) electrons. The van der Waals surface area contributed by atoms with Crippen LogP contribution in [-0.2, 0) is 12.8 Å². The lowest BCUT2D eigenvalue weighted by Crippen LogP contribution is -2.30. The van der Waals surface area contributed by atoms with Crippen molar-refractivity contribution in [2.45, 2.75) is 19.8 Å². The van der Waals surface area contributed by atoms with Crippen molar-refractivity contribution in [1.29, 1.82) is 0 Å². The highest BCUT2D eigenvalue weighted by Crippen LogP contribution is 2.14. The van der Waals surface area contributed by atoms with Crippen LogP contribution in [0.2, 0.25) is 0 Å². The molecule has 3 aromatic rings. The normalized spacial score (nSPS) is 10.3. The minimum atomic E-state index is -0.279. The van der Waals surface area contributed by atoms with Gasteiger partial charge in [-0.2, -0.15) is 0 Å². The van der Waals surface area contributed by atoms with E-state index in [0.29, 0.717) is 16.5 Å². The van der Waals surface area contributed by atoms with Crippen LogP contribution in [0.4, 0.5) is 11.4 Å². The van der Waals surface area contributed by atoms with Gasteiger partial charge < -0.3 is 16.0 Å². The molecule has 144 valence electrons. The maximum absolute atomic E-state index is 12.0. The first-order valence-electron chi connectivity index (χ1n) is 8.95. The molecular formula is C20H21N5OS2. The number of rotatable bonds is 7. The van der Waals surface area contributed by atoms with Gasteiger partial charge in [-0.15, -0.1) is 5.10 Å². The highest BCUT2D eigenvalue weighted by atomic mass is 32.1. The van der Waals surface area contributed by atoms with Crippen molar-refractivity contribution in [2.24, 2.45) is 0 Å². The Bertz CT molecular complexity index is 909. The van der Waals surface area contributed by atoms with Gasteiger partial charge in [-0.3, -0.25) is 4.79 Å². The van der Waals surface area contributed by atoms with Crippen molar-refractivity contribution in [3.63, 3.8) is 0 Å². The molecule has 0 saturated heterocycles. The van der Waals surface area contributed by atoms with Crippen molar-refractivity contribution in [3.8, 4) is 0 Å². The molecular weight excluding hydrogens is 390 g/mol. The molecule has 0 aliphatic heterocycles. The smallest absolute Gasteiger partial charge is 0.277 e. The van der Waals surface area contributed by atoms with E-state index >= 15 is 0 Å². The molecule has 0 aliphatic rings. The Balaban J connectivity index is 1.43. The minimum absolute atomic E-state index is 0.279. The maximum Gasteiger partial charge on any atom is 0.277 e. The van der Waals surface area contributed by atoms with Gasteiger partial charge in [0.1, 0.15) is 0 Å². The zero-order valence-corrected chi connectivity index (χ0v) is 17.1. The van der Waals surface area contributed by atoms with Crippen LogP contribution < -0.4 is 16.0 Å². The third kappa shape index (κ3) is 5.83. The number of aryl methyl sites for hydroxylation is 1. The fraction of sp³-hybridized carbons (Fsp3) is 0.200. The van der Waals surface area contributed by atoms with Gasteiger partial charge in [0, 0.05) is 23.3 Å². The number of carbonyl (C=O) groups is 1. The number of aromatic nitrogens is 2. The predicted molar refractivity (Wildman–Crippen MR) is 118 cm³/mol. The molecule has 0 aliphatic carbocycles. The summed E-state index contributed by atoms with van der Waals surface area (Å²) in [5.74, 6) is -0.279. The first kappa shape index (κ1) is 19.9. The van der Waals surface area contributed by atoms with Crippen LogP contribution in [0.1, 0.15) is 28.5 Å². The summed E-state index contributed by atoms with van der Waals surface area (Å²) in [5, 5.41) is 15.0. The fourth-order valence-electron chi connectivity index (χ4n) is 2.53. The second-order valence-corrected chi connectivity index (χ2v) is 7.14. The summed E-state index contributed by atoms with van der Waals surface area (Å²) >= 11 is 6.48. The molecule has 0 bridgehead atoms. The summed E-state index contributed by atoms with van der Waals surface area (Å²) < 4.78 is 3.68. The van der Waals surface area contributed by atoms with E-state index in [4.69, 9.17) is 12.2 Å². The second kappa shape index (κ2) is 9.91. The number of anilines is 2. The third-order valence-electron chi connectivity index (χ3n) is 4.12. The summed E-state index contributed by atoms with van der Waals surface area (Å²) in [6, 6.07) is 16.0. The monoisotopic (exact) mass is 411 g/mol. The SMILES string of the molecule is CCc1ccc(CCNC(=S)Nc2ccc(NC(=O)c3csnn3)cc2)cc1. The van der Waals surface area contributed by atoms with E-state index in [-0.39, 0.29) is 5.91 Å². The van der Waals surface area contributed by atoms with Crippen LogP contribution in [0.15, 0.2) is 53.9 Å². The highest BCUT2D eigenvalue weighted by molar-refractivity contribution is 7.80. The molecule has 3 N–H and O–H groups in total. The van der Waals surface area contributed by atoms with E-state index in [2.05, 4.69) is 56.7 Å². The van der Waals surface area contributed by atoms with Crippen LogP contribution in [0.5, 0.6) is 0 Å². The molecule has 0 unspecified atom stereocenters. The number of carbonyl (C=O) groups excluding carboxylic acids is 1. The molecule has 6 nitrogen and oxygen atoms in total. The van der Waals surface area contributed by atoms with Gasteiger partial charge in [0.2, 0.25) is 0 Å². The highest BCUT2D eigenvalue weighted by Gasteiger charge is 2.08. The molecule has 1 heterocycles. The fourth-order valence-corrected chi connectivity index (χ4v) is 3.19. The zero-order chi connectivity index (χ0) is 19.8. The van der Waals surface area contributed by atoms with Crippen LogP contribution in [0.3, 0.4) is 0 Å². The zero-order valence-electron chi connectivity index (χ0n) is 15.4. The van der Waals surface area contributed by atoms with E-state index in [1.54, 1.807) is 17.5 Å². The molecule has 0 saturated carbocycles. The Labute approximate surface area is 173 Å². The van der Waals surface area contributed by atoms with Gasteiger partial charge >= 0.3 is 0 Å². The first-order chi connectivity index (χ1) is 13.6. The number of amides is 1. The number of thiocarbonyl (C=S) groups is 1. The Kier molecular flexibility index (Phi) is 7.05. The summed E-state index contributed by atoms with van der Waals surface area (Å²) in [4.78, 5) is 12.0. The molecule has 8 heteroatoms. The van der Waals surface area contributed by atoms with Crippen molar-refractivity contribution in [3.05, 3.63) is 70.7 Å². The number of hydrogen-bond donors (Lipinski definition) is 3. The summed E-state index contributed by atoms with van der Waals surface area (Å²) in [6.07, 6.45) is 1.96. The van der Waals surface area contributed by atoms with Gasteiger partial charge in [-0.1, -0.05) is 35.7 Å². The molecule has 0 spiro atoms. The lowest BCUT2D eigenvalue weighted by molar-refractivity contribution is 0.102. The lowest BCUT2D eigenvalue weighted by Gasteiger charge is -2.11. The Morgan fingerprint density at radius 1 is 1.00 bits per heavy atom. The summed E-state index contributed by atoms with van der Waals surface area (Å²) in [6.45, 7) is 2.91. The topological polar surface area (TPSA) is 78.9 Å². The van der Waals surface area contributed by atoms with E-state index < -0.39 is 0 Å². The quantitative estimate of drug-likeness (QED) is 0.512. The van der Waals surface area contributed by atoms with Crippen molar-refractivity contribution in [1.82, 2.24) is 14.9 Å². The standard InChI is InChI=1S/C20H21N5OS2/c1-2-14-3-5-15(6-4-14)11-12-21-20(27)23-17-9-7-16(8-10-17)22-19(26)18-13-28-25-24-18/h3-10,13H,2,11-12H2,1H3,(H,22,26)(H2,21,23,27). The molecule has 0 atom stereocenters. The van der Waals surface area contributed by atoms with Crippen LogP contribution in [0, 0.1) is 0 Å². The Morgan fingerprint density at radius 3 is 2.25 bits per heavy atom. The lowest BCUT2D eigenvalue weighted by atomic mass is 10.1. The van der Waals surface area contributed by atoms with Gasteiger partial charge in [-0.25, -0.2) is 0 Å². The van der Waals surface area contributed by atoms with Gasteiger partial charge in [0.25, 0.3) is 5.91 Å². The molecule has 3 rings (SSSR count). The first-order valence-corrected chi connectivity index (χ1v) is 10.2. The average molecular weight is 412 g/mol. The van der Waals surface area contributed by atoms with Gasteiger partial charge in [0.05, 0.1) is 0 Å². The van der Waals surface area contributed by atoms with Crippen LogP contribution in [-0.4, -0.2) is 27.2 Å². The molecule has 28 heavy (non-hydrogen) atoms. The molecule has 0 fully saturated rings. The average Bonchev–Trinajstić information content (AvgIpc) is 3.25. The maximum atomic E-state index is 12.0. The third-order valence-corrected chi connectivity index (χ3v) is 4.87. The van der Waals surface area contributed by atoms with Crippen LogP contribution >= 0.6 is 23.8 Å². The van der Waals surface area contributed by atoms with Crippen LogP contribution in [0.25, 0.3) is 0 Å². The second-order valence-electron chi connectivity index (χ2n) is 6.12. The molecule has 2 aromatic carbocycles. The number of nitrogens with one attached hydrogen (secondary N) is 3. The van der Waals surface area contributed by atoms with Crippen molar-refractivity contribution >= 4 is 46.1 Å². The molecule has 1 amide bonds. The molecule has 1 aromatic heterocycles. The Hall–Kier alpha value is -2.84. The number of nitrogens with zero attached hydrogens (tertiary/aromatic N) is 2. The van der Waals surface area contributed by atoms with Gasteiger partial charge in [-0.05, 0) is 72.0 Å². The van der Waals surface area contributed by atoms with Crippen molar-refractivity contribution < 1.29 is 4.79 Å². The van der Waals surface area contributed by atoms with Crippen molar-refractivity contribution in [2.75, 3.05) is 17.2 Å². The Morgan fingerprint density at radius 2 is 1.64 bits per heavy atom. The van der Waals surface area contributed by atoms with E-state index in [0.717, 1.165) is 36.6 Å². The minimum Gasteiger partial charge on any atom is -0.362 e. The van der Waals surface area contributed by atoms with Gasteiger partial charge in [0.15, 0.2) is 10.8 Å². The van der Waals surface area contributed by atoms with E-state index in [1.807, 2.05) is 12.1 Å². The summed E-state index contributed by atoms with van der Waals surface area (Å²) in [5.41, 5.74) is 4.46. The van der Waals surface area contributed by atoms with E-state index in [1.165, 1.54) is 11.1 Å². The van der Waals surface area contributed by atoms with E-state index in [9.17, 15) is 4.79 Å². The number of benzene rings is 2. The number of hydrogen-bond acceptors (Lipinski definition) is 5. The largest absolute Gasteiger partial charge is 0.362 e. The summed E-state index contributed by atoms with van der Waals surface area (Å²) in [7, 11) is 0. The predicted octanol–water partition coefficient (Wildman–Crippen LogP) is 3.88.